The highest BCUT2D eigenvalue weighted by Crippen LogP contribution is 2.34. The first-order valence-electron chi connectivity index (χ1n) is 11.8. The molecule has 1 aliphatic heterocycles. The van der Waals surface area contributed by atoms with Crippen molar-refractivity contribution in [3.8, 4) is 0 Å². The second-order valence-electron chi connectivity index (χ2n) is 9.30. The number of hydrogen-bond donors (Lipinski definition) is 1. The summed E-state index contributed by atoms with van der Waals surface area (Å²) in [5.74, 6) is 1.96. The summed E-state index contributed by atoms with van der Waals surface area (Å²) < 4.78 is 6.75. The largest absolute Gasteiger partial charge is 0.465 e. The maximum atomic E-state index is 13.3. The van der Waals surface area contributed by atoms with Gasteiger partial charge in [-0.3, -0.25) is 4.79 Å². The Kier molecular flexibility index (Phi) is 7.41. The van der Waals surface area contributed by atoms with Crippen LogP contribution in [0.1, 0.15) is 70.6 Å². The molecule has 1 atom stereocenters. The van der Waals surface area contributed by atoms with Crippen molar-refractivity contribution < 1.29 is 14.3 Å². The molecule has 2 heterocycles. The highest BCUT2D eigenvalue weighted by atomic mass is 79.9. The van der Waals surface area contributed by atoms with Crippen molar-refractivity contribution >= 4 is 33.6 Å². The summed E-state index contributed by atoms with van der Waals surface area (Å²) in [4.78, 5) is 27.4. The number of aromatic nitrogens is 2. The monoisotopic (exact) mass is 516 g/mol. The van der Waals surface area contributed by atoms with Crippen LogP contribution in [0.2, 0.25) is 0 Å². The number of benzene rings is 1. The van der Waals surface area contributed by atoms with E-state index in [0.29, 0.717) is 17.0 Å². The van der Waals surface area contributed by atoms with Crippen LogP contribution in [0.15, 0.2) is 24.3 Å². The number of rotatable bonds is 7. The topological polar surface area (TPSA) is 76.5 Å². The summed E-state index contributed by atoms with van der Waals surface area (Å²) in [6.45, 7) is 6.58. The first-order valence-corrected chi connectivity index (χ1v) is 12.9. The Labute approximate surface area is 204 Å². The Hall–Kier alpha value is -2.35. The molecule has 0 radical (unpaired) electrons. The summed E-state index contributed by atoms with van der Waals surface area (Å²) >= 11 is 3.63. The predicted molar refractivity (Wildman–Crippen MR) is 132 cm³/mol. The molecule has 1 aromatic carbocycles. The average Bonchev–Trinajstić information content (AvgIpc) is 3.36. The summed E-state index contributed by atoms with van der Waals surface area (Å²) in [5.41, 5.74) is 2.87. The van der Waals surface area contributed by atoms with Crippen molar-refractivity contribution in [3.05, 3.63) is 46.6 Å². The molecule has 1 saturated carbocycles. The highest BCUT2D eigenvalue weighted by Gasteiger charge is 2.32. The molecular formula is C25H33BrN4O3. The van der Waals surface area contributed by atoms with Gasteiger partial charge < -0.3 is 15.0 Å². The van der Waals surface area contributed by atoms with Gasteiger partial charge >= 0.3 is 5.97 Å². The minimum Gasteiger partial charge on any atom is -0.465 e. The molecule has 8 heteroatoms. The van der Waals surface area contributed by atoms with E-state index in [9.17, 15) is 9.59 Å². The number of carbonyl (C=O) groups excluding carboxylic acids is 2. The summed E-state index contributed by atoms with van der Waals surface area (Å²) in [5, 5.41) is 8.89. The van der Waals surface area contributed by atoms with Gasteiger partial charge in [-0.25, -0.2) is 9.48 Å². The zero-order valence-electron chi connectivity index (χ0n) is 19.6. The van der Waals surface area contributed by atoms with Crippen LogP contribution in [-0.4, -0.2) is 47.2 Å². The van der Waals surface area contributed by atoms with E-state index in [1.807, 2.05) is 30.7 Å². The fourth-order valence-electron chi connectivity index (χ4n) is 5.07. The van der Waals surface area contributed by atoms with E-state index >= 15 is 0 Å². The molecule has 1 N–H and O–H groups in total. The molecule has 0 bridgehead atoms. The zero-order chi connectivity index (χ0) is 23.5. The second-order valence-corrected chi connectivity index (χ2v) is 9.95. The van der Waals surface area contributed by atoms with Crippen LogP contribution in [-0.2, 0) is 11.3 Å². The van der Waals surface area contributed by atoms with E-state index in [0.717, 1.165) is 48.0 Å². The number of alkyl halides is 1. The molecule has 1 amide bonds. The van der Waals surface area contributed by atoms with E-state index in [4.69, 9.17) is 4.74 Å². The van der Waals surface area contributed by atoms with Crippen LogP contribution in [0.25, 0.3) is 0 Å². The number of nitrogens with zero attached hydrogens (tertiary/aromatic N) is 3. The van der Waals surface area contributed by atoms with Crippen molar-refractivity contribution in [3.63, 3.8) is 0 Å². The Morgan fingerprint density at radius 2 is 1.82 bits per heavy atom. The van der Waals surface area contributed by atoms with E-state index in [1.54, 1.807) is 12.1 Å². The van der Waals surface area contributed by atoms with E-state index < -0.39 is 0 Å². The minimum atomic E-state index is -0.370. The SMILES string of the molecule is COC(=O)c1ccc([C@H](C)NC(=O)c2c(C)nn3c2N(CC2CCC(CBr)CC2)CC3)cc1. The standard InChI is InChI=1S/C25H33BrN4O3/c1-16(20-8-10-21(11-9-20)25(32)33-3)27-23(31)22-17(2)28-30-13-12-29(24(22)30)15-19-6-4-18(14-26)5-7-19/h8-11,16,18-19H,4-7,12-15H2,1-3H3,(H,27,31)/t16-,18?,19?/m0/s1. The number of fused-ring (bicyclic) bond motifs is 1. The highest BCUT2D eigenvalue weighted by molar-refractivity contribution is 9.09. The molecule has 1 fully saturated rings. The maximum Gasteiger partial charge on any atom is 0.337 e. The fourth-order valence-corrected chi connectivity index (χ4v) is 5.72. The van der Waals surface area contributed by atoms with Crippen LogP contribution >= 0.6 is 15.9 Å². The molecule has 0 unspecified atom stereocenters. The van der Waals surface area contributed by atoms with Gasteiger partial charge in [0.2, 0.25) is 0 Å². The zero-order valence-corrected chi connectivity index (χ0v) is 21.2. The number of halogens is 1. The Morgan fingerprint density at radius 1 is 1.15 bits per heavy atom. The van der Waals surface area contributed by atoms with E-state index in [-0.39, 0.29) is 17.9 Å². The smallest absolute Gasteiger partial charge is 0.337 e. The number of hydrogen-bond acceptors (Lipinski definition) is 5. The first kappa shape index (κ1) is 23.8. The molecule has 2 aliphatic rings. The molecule has 7 nitrogen and oxygen atoms in total. The van der Waals surface area contributed by atoms with Crippen LogP contribution in [0.3, 0.4) is 0 Å². The van der Waals surface area contributed by atoms with Crippen molar-refractivity contribution in [2.75, 3.05) is 30.4 Å². The lowest BCUT2D eigenvalue weighted by Gasteiger charge is -2.31. The lowest BCUT2D eigenvalue weighted by Crippen LogP contribution is -2.33. The van der Waals surface area contributed by atoms with E-state index in [2.05, 4.69) is 31.2 Å². The van der Waals surface area contributed by atoms with Crippen molar-refractivity contribution in [1.29, 1.82) is 0 Å². The summed E-state index contributed by atoms with van der Waals surface area (Å²) in [7, 11) is 1.36. The summed E-state index contributed by atoms with van der Waals surface area (Å²) in [6, 6.07) is 6.94. The van der Waals surface area contributed by atoms with Crippen LogP contribution in [0.4, 0.5) is 5.82 Å². The molecule has 178 valence electrons. The van der Waals surface area contributed by atoms with Crippen LogP contribution in [0, 0.1) is 18.8 Å². The van der Waals surface area contributed by atoms with Crippen molar-refractivity contribution in [2.24, 2.45) is 11.8 Å². The fraction of sp³-hybridized carbons (Fsp3) is 0.560. The number of esters is 1. The molecule has 4 rings (SSSR count). The third kappa shape index (κ3) is 5.10. The van der Waals surface area contributed by atoms with Gasteiger partial charge in [-0.1, -0.05) is 28.1 Å². The molecule has 1 aliphatic carbocycles. The predicted octanol–water partition coefficient (Wildman–Crippen LogP) is 4.49. The Morgan fingerprint density at radius 3 is 2.45 bits per heavy atom. The number of carbonyl (C=O) groups is 2. The number of aryl methyl sites for hydroxylation is 1. The second kappa shape index (κ2) is 10.3. The van der Waals surface area contributed by atoms with Gasteiger partial charge in [0.05, 0.1) is 31.0 Å². The third-order valence-corrected chi connectivity index (χ3v) is 7.97. The molecule has 2 aromatic rings. The van der Waals surface area contributed by atoms with Gasteiger partial charge in [0, 0.05) is 18.4 Å². The molecule has 33 heavy (non-hydrogen) atoms. The normalized spacial score (nSPS) is 20.9. The number of amides is 1. The Bertz CT molecular complexity index is 996. The molecular weight excluding hydrogens is 484 g/mol. The van der Waals surface area contributed by atoms with Crippen LogP contribution in [0.5, 0.6) is 0 Å². The van der Waals surface area contributed by atoms with Gasteiger partial charge in [0.1, 0.15) is 11.4 Å². The number of anilines is 1. The van der Waals surface area contributed by atoms with Gasteiger partial charge in [0.25, 0.3) is 5.91 Å². The lowest BCUT2D eigenvalue weighted by molar-refractivity contribution is 0.0600. The van der Waals surface area contributed by atoms with Gasteiger partial charge in [-0.15, -0.1) is 0 Å². The van der Waals surface area contributed by atoms with E-state index in [1.165, 1.54) is 32.8 Å². The third-order valence-electron chi connectivity index (χ3n) is 7.05. The number of ether oxygens (including phenoxy) is 1. The quantitative estimate of drug-likeness (QED) is 0.433. The maximum absolute atomic E-state index is 13.3. The molecule has 0 spiro atoms. The van der Waals surface area contributed by atoms with Gasteiger partial charge in [-0.05, 0) is 69.1 Å². The molecule has 1 aromatic heterocycles. The minimum absolute atomic E-state index is 0.104. The summed E-state index contributed by atoms with van der Waals surface area (Å²) in [6.07, 6.45) is 5.06. The number of nitrogens with one attached hydrogen (secondary N) is 1. The van der Waals surface area contributed by atoms with Gasteiger partial charge in [0.15, 0.2) is 0 Å². The Balaban J connectivity index is 1.45. The van der Waals surface area contributed by atoms with Gasteiger partial charge in [-0.2, -0.15) is 5.10 Å². The van der Waals surface area contributed by atoms with Crippen molar-refractivity contribution in [1.82, 2.24) is 15.1 Å². The lowest BCUT2D eigenvalue weighted by atomic mass is 9.83. The average molecular weight is 517 g/mol. The van der Waals surface area contributed by atoms with Crippen molar-refractivity contribution in [2.45, 2.75) is 52.1 Å². The number of methoxy groups -OCH3 is 1. The first-order chi connectivity index (χ1) is 15.9. The van der Waals surface area contributed by atoms with Crippen LogP contribution < -0.4 is 10.2 Å². The molecule has 0 saturated heterocycles.